The van der Waals surface area contributed by atoms with Crippen molar-refractivity contribution in [1.82, 2.24) is 0 Å². The zero-order valence-electron chi connectivity index (χ0n) is 11.9. The number of hydrogen-bond acceptors (Lipinski definition) is 5. The molecule has 0 N–H and O–H groups in total. The summed E-state index contributed by atoms with van der Waals surface area (Å²) < 4.78 is 18.7. The zero-order valence-corrected chi connectivity index (χ0v) is 12.7. The average molecular weight is 347 g/mol. The van der Waals surface area contributed by atoms with Crippen molar-refractivity contribution in [3.63, 3.8) is 0 Å². The molecule has 1 aliphatic heterocycles. The summed E-state index contributed by atoms with van der Waals surface area (Å²) in [6.45, 7) is 0. The lowest BCUT2D eigenvalue weighted by molar-refractivity contribution is -0.384. The van der Waals surface area contributed by atoms with E-state index in [4.69, 9.17) is 16.3 Å². The van der Waals surface area contributed by atoms with Crippen molar-refractivity contribution >= 4 is 35.2 Å². The maximum Gasteiger partial charge on any atom is 0.363 e. The van der Waals surface area contributed by atoms with E-state index in [0.29, 0.717) is 5.56 Å². The van der Waals surface area contributed by atoms with E-state index in [1.807, 2.05) is 0 Å². The number of ether oxygens (including phenoxy) is 1. The molecule has 0 aromatic heterocycles. The SMILES string of the molecule is O=C1OC(c2ccccc2F)=NC1=Cc1ccc([N+](=O)[O-])c(Cl)c1. The average Bonchev–Trinajstić information content (AvgIpc) is 2.88. The van der Waals surface area contributed by atoms with Gasteiger partial charge < -0.3 is 4.74 Å². The Bertz CT molecular complexity index is 924. The molecule has 120 valence electrons. The van der Waals surface area contributed by atoms with Crippen LogP contribution >= 0.6 is 11.6 Å². The van der Waals surface area contributed by atoms with Crippen molar-refractivity contribution in [3.8, 4) is 0 Å². The van der Waals surface area contributed by atoms with Crippen LogP contribution in [0, 0.1) is 15.9 Å². The molecule has 0 amide bonds. The highest BCUT2D eigenvalue weighted by Gasteiger charge is 2.26. The van der Waals surface area contributed by atoms with E-state index in [-0.39, 0.29) is 27.9 Å². The summed E-state index contributed by atoms with van der Waals surface area (Å²) in [5.74, 6) is -1.45. The van der Waals surface area contributed by atoms with Gasteiger partial charge in [-0.05, 0) is 35.9 Å². The largest absolute Gasteiger partial charge is 0.402 e. The molecule has 0 spiro atoms. The van der Waals surface area contributed by atoms with Gasteiger partial charge in [0.05, 0.1) is 10.5 Å². The molecule has 24 heavy (non-hydrogen) atoms. The van der Waals surface area contributed by atoms with E-state index >= 15 is 0 Å². The number of benzene rings is 2. The van der Waals surface area contributed by atoms with E-state index in [9.17, 15) is 19.3 Å². The number of carbonyl (C=O) groups excluding carboxylic acids is 1. The van der Waals surface area contributed by atoms with Gasteiger partial charge in [-0.2, -0.15) is 0 Å². The van der Waals surface area contributed by atoms with Gasteiger partial charge in [0.15, 0.2) is 5.70 Å². The molecule has 0 aliphatic carbocycles. The second-order valence-corrected chi connectivity index (χ2v) is 5.19. The molecular formula is C16H8ClFN2O4. The summed E-state index contributed by atoms with van der Waals surface area (Å²) in [7, 11) is 0. The zero-order chi connectivity index (χ0) is 17.3. The Morgan fingerprint density at radius 3 is 2.67 bits per heavy atom. The smallest absolute Gasteiger partial charge is 0.363 e. The molecular weight excluding hydrogens is 339 g/mol. The molecule has 6 nitrogen and oxygen atoms in total. The second kappa shape index (κ2) is 6.21. The summed E-state index contributed by atoms with van der Waals surface area (Å²) in [6, 6.07) is 9.73. The molecule has 1 aliphatic rings. The Labute approximate surface area is 140 Å². The van der Waals surface area contributed by atoms with Crippen molar-refractivity contribution in [2.24, 2.45) is 4.99 Å². The van der Waals surface area contributed by atoms with Crippen LogP contribution in [0.1, 0.15) is 11.1 Å². The minimum absolute atomic E-state index is 0.0572. The fraction of sp³-hybridized carbons (Fsp3) is 0. The van der Waals surface area contributed by atoms with Crippen LogP contribution in [0.25, 0.3) is 6.08 Å². The second-order valence-electron chi connectivity index (χ2n) is 4.78. The molecule has 0 bridgehead atoms. The Hall–Kier alpha value is -3.06. The first-order valence-electron chi connectivity index (χ1n) is 6.67. The first-order chi connectivity index (χ1) is 11.5. The van der Waals surface area contributed by atoms with Gasteiger partial charge in [-0.3, -0.25) is 10.1 Å². The summed E-state index contributed by atoms with van der Waals surface area (Å²) in [5.41, 5.74) is 0.189. The molecule has 0 saturated heterocycles. The van der Waals surface area contributed by atoms with Gasteiger partial charge in [-0.15, -0.1) is 0 Å². The minimum atomic E-state index is -0.747. The van der Waals surface area contributed by atoms with Crippen molar-refractivity contribution in [2.45, 2.75) is 0 Å². The summed E-state index contributed by atoms with van der Waals surface area (Å²) in [4.78, 5) is 26.0. The number of nitrogens with zero attached hydrogens (tertiary/aromatic N) is 2. The van der Waals surface area contributed by atoms with Crippen LogP contribution in [-0.4, -0.2) is 16.8 Å². The van der Waals surface area contributed by atoms with E-state index in [1.165, 1.54) is 42.5 Å². The maximum absolute atomic E-state index is 13.7. The number of aliphatic imine (C=N–C) groups is 1. The Morgan fingerprint density at radius 1 is 1.25 bits per heavy atom. The lowest BCUT2D eigenvalue weighted by Crippen LogP contribution is -2.07. The molecule has 0 fully saturated rings. The van der Waals surface area contributed by atoms with Crippen LogP contribution in [0.3, 0.4) is 0 Å². The Morgan fingerprint density at radius 2 is 2.00 bits per heavy atom. The van der Waals surface area contributed by atoms with Crippen LogP contribution in [0.4, 0.5) is 10.1 Å². The molecule has 0 saturated carbocycles. The van der Waals surface area contributed by atoms with Crippen molar-refractivity contribution in [2.75, 3.05) is 0 Å². The first kappa shape index (κ1) is 15.8. The van der Waals surface area contributed by atoms with Gasteiger partial charge in [-0.1, -0.05) is 23.7 Å². The van der Waals surface area contributed by atoms with Gasteiger partial charge in [0.2, 0.25) is 5.90 Å². The van der Waals surface area contributed by atoms with Crippen LogP contribution in [0.15, 0.2) is 53.2 Å². The van der Waals surface area contributed by atoms with Gasteiger partial charge in [0.1, 0.15) is 10.8 Å². The molecule has 8 heteroatoms. The predicted octanol–water partition coefficient (Wildman–Crippen LogP) is 3.73. The van der Waals surface area contributed by atoms with E-state index in [2.05, 4.69) is 4.99 Å². The number of carbonyl (C=O) groups is 1. The summed E-state index contributed by atoms with van der Waals surface area (Å²) >= 11 is 5.82. The van der Waals surface area contributed by atoms with Crippen LogP contribution < -0.4 is 0 Å². The van der Waals surface area contributed by atoms with Gasteiger partial charge in [-0.25, -0.2) is 14.2 Å². The van der Waals surface area contributed by atoms with Gasteiger partial charge >= 0.3 is 5.97 Å². The monoisotopic (exact) mass is 346 g/mol. The fourth-order valence-corrected chi connectivity index (χ4v) is 2.34. The molecule has 0 unspecified atom stereocenters. The van der Waals surface area contributed by atoms with E-state index < -0.39 is 16.7 Å². The standard InChI is InChI=1S/C16H8ClFN2O4/c17-11-7-9(5-6-14(11)20(22)23)8-13-16(21)24-15(19-13)10-3-1-2-4-12(10)18/h1-8H. The first-order valence-corrected chi connectivity index (χ1v) is 7.05. The third-order valence-corrected chi connectivity index (χ3v) is 3.50. The molecule has 1 heterocycles. The van der Waals surface area contributed by atoms with E-state index in [0.717, 1.165) is 0 Å². The fourth-order valence-electron chi connectivity index (χ4n) is 2.08. The minimum Gasteiger partial charge on any atom is -0.402 e. The topological polar surface area (TPSA) is 81.8 Å². The number of rotatable bonds is 3. The van der Waals surface area contributed by atoms with Gasteiger partial charge in [0.25, 0.3) is 5.69 Å². The number of halogens is 2. The molecule has 0 radical (unpaired) electrons. The van der Waals surface area contributed by atoms with Crippen molar-refractivity contribution in [1.29, 1.82) is 0 Å². The highest BCUT2D eigenvalue weighted by atomic mass is 35.5. The predicted molar refractivity (Wildman–Crippen MR) is 85.1 cm³/mol. The highest BCUT2D eigenvalue weighted by molar-refractivity contribution is 6.32. The summed E-state index contributed by atoms with van der Waals surface area (Å²) in [6.07, 6.45) is 1.35. The third kappa shape index (κ3) is 3.02. The molecule has 2 aromatic carbocycles. The lowest BCUT2D eigenvalue weighted by Gasteiger charge is -1.99. The Kier molecular flexibility index (Phi) is 4.09. The van der Waals surface area contributed by atoms with Crippen molar-refractivity contribution < 1.29 is 18.8 Å². The number of cyclic esters (lactones) is 1. The van der Waals surface area contributed by atoms with Gasteiger partial charge in [0, 0.05) is 6.07 Å². The molecule has 2 aromatic rings. The molecule has 3 rings (SSSR count). The van der Waals surface area contributed by atoms with Crippen molar-refractivity contribution in [3.05, 3.63) is 80.2 Å². The number of nitro benzene ring substituents is 1. The number of esters is 1. The number of hydrogen-bond donors (Lipinski definition) is 0. The molecule has 0 atom stereocenters. The van der Waals surface area contributed by atoms with Crippen LogP contribution in [0.2, 0.25) is 5.02 Å². The third-order valence-electron chi connectivity index (χ3n) is 3.20. The number of nitro groups is 1. The lowest BCUT2D eigenvalue weighted by atomic mass is 10.2. The quantitative estimate of drug-likeness (QED) is 0.367. The Balaban J connectivity index is 1.96. The summed E-state index contributed by atoms with van der Waals surface area (Å²) in [5, 5.41) is 10.7. The van der Waals surface area contributed by atoms with Crippen LogP contribution in [-0.2, 0) is 9.53 Å². The van der Waals surface area contributed by atoms with E-state index in [1.54, 1.807) is 6.07 Å². The maximum atomic E-state index is 13.7. The van der Waals surface area contributed by atoms with Crippen LogP contribution in [0.5, 0.6) is 0 Å². The normalized spacial score (nSPS) is 15.3. The highest BCUT2D eigenvalue weighted by Crippen LogP contribution is 2.27.